The van der Waals surface area contributed by atoms with Crippen LogP contribution in [0.25, 0.3) is 0 Å². The fourth-order valence-corrected chi connectivity index (χ4v) is 8.74. The minimum absolute atomic E-state index is 0.242. The first kappa shape index (κ1) is 73.3. The zero-order chi connectivity index (χ0) is 64.4. The lowest BCUT2D eigenvalue weighted by atomic mass is 9.94. The second-order valence-electron chi connectivity index (χ2n) is 21.7. The molecule has 1 aromatic rings. The van der Waals surface area contributed by atoms with Crippen molar-refractivity contribution in [3.63, 3.8) is 0 Å². The number of carbonyl (C=O) groups is 13. The fraction of sp³-hybridized carbons (Fsp3) is 0.661. The first-order chi connectivity index (χ1) is 40.0. The number of aliphatic hydroxyl groups excluding tert-OH is 2. The number of nitrogens with one attached hydrogen (secondary N) is 11. The van der Waals surface area contributed by atoms with Gasteiger partial charge in [0, 0.05) is 6.42 Å². The van der Waals surface area contributed by atoms with E-state index >= 15 is 0 Å². The summed E-state index contributed by atoms with van der Waals surface area (Å²) >= 11 is 0. The van der Waals surface area contributed by atoms with Crippen LogP contribution in [-0.2, 0) is 73.5 Å². The molecule has 12 amide bonds. The minimum atomic E-state index is -1.85. The largest absolute Gasteiger partial charge is 0.458 e. The van der Waals surface area contributed by atoms with Gasteiger partial charge >= 0.3 is 5.97 Å². The number of carbonyl (C=O) groups excluding carboxylic acids is 13. The third kappa shape index (κ3) is 23.0. The van der Waals surface area contributed by atoms with E-state index in [-0.39, 0.29) is 12.8 Å². The predicted molar refractivity (Wildman–Crippen MR) is 308 cm³/mol. The van der Waals surface area contributed by atoms with Crippen LogP contribution in [0.2, 0.25) is 0 Å². The number of nitrogens with two attached hydrogens (primary N) is 2. The molecular weight excluding hydrogens is 1110 g/mol. The van der Waals surface area contributed by atoms with Crippen molar-refractivity contribution in [1.29, 1.82) is 0 Å². The highest BCUT2D eigenvalue weighted by molar-refractivity contribution is 6.00. The Hall–Kier alpha value is -7.79. The molecule has 2 rings (SSSR count). The number of benzene rings is 1. The van der Waals surface area contributed by atoms with Gasteiger partial charge in [-0.25, -0.2) is 4.79 Å². The molecule has 0 aliphatic carbocycles. The molecule has 17 N–H and O–H groups in total. The van der Waals surface area contributed by atoms with Crippen LogP contribution in [0.4, 0.5) is 0 Å². The number of aliphatic hydroxyl groups is 2. The number of amides is 12. The van der Waals surface area contributed by atoms with Crippen molar-refractivity contribution in [1.82, 2.24) is 58.5 Å². The molecule has 476 valence electrons. The lowest BCUT2D eigenvalue weighted by molar-refractivity contribution is -0.157. The molecule has 0 spiro atoms. The number of cyclic esters (lactones) is 1. The standard InChI is InChI=1S/C56H91N13O16/c1-12-27(5)41(66-48(76)35(59-11)23-33-19-17-16-18-20-33)52(80)63-37(25-70)50(78)61-34(21-22-39(57)72)47(75)65-43(29(7)14-3)54(82)67-42(28(6)13-2)53(81)64-38(26-71)51(79)69-45-32(10)85-56(84)44(30(8)15-4)68-49(77)36(24-40(58)73)62-46(74)31(9)60-55(45)83/h16-20,27-32,34-38,41-45,59,70-71H,12-15,21-26H2,1-11H3,(H2,57,72)(H2,58,73)(H,60,83)(H,61,78)(H,62,74)(H,63,80)(H,64,81)(H,65,75)(H,66,76)(H,67,82)(H,68,77)(H,69,79)/t27-,28-,29+,30-,31-,32-,34+,35+,36-,37-,38-,41-,42-,43+,44-,45+/m0/s1. The normalized spacial score (nSPS) is 21.4. The van der Waals surface area contributed by atoms with Crippen LogP contribution >= 0.6 is 0 Å². The number of likely N-dealkylation sites (N-methyl/N-ethyl adjacent to an activating group) is 1. The van der Waals surface area contributed by atoms with Crippen molar-refractivity contribution in [3.05, 3.63) is 35.9 Å². The van der Waals surface area contributed by atoms with Crippen LogP contribution in [0.15, 0.2) is 30.3 Å². The molecule has 1 fully saturated rings. The second-order valence-corrected chi connectivity index (χ2v) is 21.7. The van der Waals surface area contributed by atoms with Gasteiger partial charge in [0.05, 0.1) is 25.7 Å². The van der Waals surface area contributed by atoms with Gasteiger partial charge in [-0.1, -0.05) is 111 Å². The number of ether oxygens (including phenoxy) is 1. The van der Waals surface area contributed by atoms with E-state index < -0.39 is 206 Å². The van der Waals surface area contributed by atoms with Gasteiger partial charge in [-0.3, -0.25) is 57.5 Å². The fourth-order valence-electron chi connectivity index (χ4n) is 8.74. The Morgan fingerprint density at radius 2 is 1.02 bits per heavy atom. The van der Waals surface area contributed by atoms with Crippen molar-refractivity contribution in [2.75, 3.05) is 20.3 Å². The third-order valence-corrected chi connectivity index (χ3v) is 15.2. The summed E-state index contributed by atoms with van der Waals surface area (Å²) in [5, 5.41) is 48.5. The van der Waals surface area contributed by atoms with Crippen molar-refractivity contribution < 1.29 is 77.3 Å². The van der Waals surface area contributed by atoms with Crippen LogP contribution < -0.4 is 70.0 Å². The third-order valence-electron chi connectivity index (χ3n) is 15.2. The van der Waals surface area contributed by atoms with E-state index in [4.69, 9.17) is 16.2 Å². The van der Waals surface area contributed by atoms with E-state index in [1.165, 1.54) is 13.8 Å². The highest BCUT2D eigenvalue weighted by atomic mass is 16.5. The van der Waals surface area contributed by atoms with Crippen molar-refractivity contribution in [2.45, 2.75) is 193 Å². The van der Waals surface area contributed by atoms with Crippen LogP contribution in [0.1, 0.15) is 120 Å². The summed E-state index contributed by atoms with van der Waals surface area (Å²) in [6, 6.07) is -7.01. The number of esters is 1. The Balaban J connectivity index is 2.41. The number of primary amides is 2. The van der Waals surface area contributed by atoms with E-state index in [1.807, 2.05) is 30.3 Å². The highest BCUT2D eigenvalue weighted by Gasteiger charge is 2.41. The summed E-state index contributed by atoms with van der Waals surface area (Å²) in [5.74, 6) is -14.8. The Bertz CT molecular complexity index is 2490. The summed E-state index contributed by atoms with van der Waals surface area (Å²) in [4.78, 5) is 176. The quantitative estimate of drug-likeness (QED) is 0.0305. The monoisotopic (exact) mass is 1200 g/mol. The van der Waals surface area contributed by atoms with E-state index in [9.17, 15) is 72.5 Å². The highest BCUT2D eigenvalue weighted by Crippen LogP contribution is 2.17. The van der Waals surface area contributed by atoms with Crippen LogP contribution in [-0.4, -0.2) is 180 Å². The van der Waals surface area contributed by atoms with E-state index in [0.29, 0.717) is 19.3 Å². The molecule has 0 bridgehead atoms. The van der Waals surface area contributed by atoms with Gasteiger partial charge in [0.25, 0.3) is 0 Å². The van der Waals surface area contributed by atoms with Crippen LogP contribution in [0, 0.1) is 23.7 Å². The van der Waals surface area contributed by atoms with E-state index in [0.717, 1.165) is 5.56 Å². The maximum Gasteiger partial charge on any atom is 0.329 e. The maximum absolute atomic E-state index is 14.4. The molecule has 29 heteroatoms. The number of hydrogen-bond donors (Lipinski definition) is 15. The Morgan fingerprint density at radius 3 is 1.48 bits per heavy atom. The van der Waals surface area contributed by atoms with Crippen molar-refractivity contribution >= 4 is 76.9 Å². The van der Waals surface area contributed by atoms with Crippen LogP contribution in [0.3, 0.4) is 0 Å². The Labute approximate surface area is 495 Å². The zero-order valence-electron chi connectivity index (χ0n) is 50.5. The summed E-state index contributed by atoms with van der Waals surface area (Å²) in [7, 11) is 1.59. The predicted octanol–water partition coefficient (Wildman–Crippen LogP) is -4.06. The van der Waals surface area contributed by atoms with Gasteiger partial charge in [0.1, 0.15) is 66.5 Å². The number of rotatable bonds is 32. The molecule has 1 heterocycles. The molecule has 0 saturated carbocycles. The van der Waals surface area contributed by atoms with Gasteiger partial charge in [0.15, 0.2) is 0 Å². The lowest BCUT2D eigenvalue weighted by Gasteiger charge is -2.31. The Kier molecular flexibility index (Phi) is 31.2. The summed E-state index contributed by atoms with van der Waals surface area (Å²) in [6.07, 6.45) is -1.55. The smallest absolute Gasteiger partial charge is 0.329 e. The summed E-state index contributed by atoms with van der Waals surface area (Å²) in [5.41, 5.74) is 11.6. The Morgan fingerprint density at radius 1 is 0.565 bits per heavy atom. The van der Waals surface area contributed by atoms with Gasteiger partial charge < -0.3 is 84.9 Å². The molecule has 1 aromatic carbocycles. The van der Waals surface area contributed by atoms with Crippen LogP contribution in [0.5, 0.6) is 0 Å². The molecule has 0 unspecified atom stereocenters. The molecule has 1 aliphatic heterocycles. The minimum Gasteiger partial charge on any atom is -0.458 e. The number of hydrogen-bond acceptors (Lipinski definition) is 17. The van der Waals surface area contributed by atoms with Crippen molar-refractivity contribution in [2.24, 2.45) is 35.1 Å². The van der Waals surface area contributed by atoms with E-state index in [1.54, 1.807) is 62.4 Å². The topological polar surface area (TPSA) is 456 Å². The SMILES string of the molecule is CC[C@@H](C)[C@@H](NC(=O)[C@@H](CCC(N)=O)NC(=O)[C@H](CO)NC(=O)[C@@H](NC(=O)[C@@H](Cc1ccccc1)NC)[C@@H](C)CC)C(=O)N[C@H](C(=O)N[C@@H](CO)C(=O)N[C@H]1C(=O)N[C@@H](C)C(=O)N[C@@H](CC(N)=O)C(=O)N[C@@H]([C@@H](C)CC)C(=O)O[C@H]1C)[C@@H](C)CC. The first-order valence-electron chi connectivity index (χ1n) is 28.8. The molecule has 85 heavy (non-hydrogen) atoms. The molecule has 1 saturated heterocycles. The average molecular weight is 1200 g/mol. The van der Waals surface area contributed by atoms with Gasteiger partial charge in [-0.2, -0.15) is 0 Å². The maximum atomic E-state index is 14.4. The summed E-state index contributed by atoms with van der Waals surface area (Å²) < 4.78 is 5.62. The molecule has 0 radical (unpaired) electrons. The van der Waals surface area contributed by atoms with Gasteiger partial charge in [-0.15, -0.1) is 0 Å². The van der Waals surface area contributed by atoms with Crippen molar-refractivity contribution in [3.8, 4) is 0 Å². The average Bonchev–Trinajstić information content (AvgIpc) is 3.84. The van der Waals surface area contributed by atoms with Gasteiger partial charge in [0.2, 0.25) is 70.9 Å². The summed E-state index contributed by atoms with van der Waals surface area (Å²) in [6.45, 7) is 13.8. The molecule has 29 nitrogen and oxygen atoms in total. The molecule has 16 atom stereocenters. The molecule has 0 aromatic heterocycles. The second kappa shape index (κ2) is 36.1. The zero-order valence-corrected chi connectivity index (χ0v) is 50.5. The molecule has 1 aliphatic rings. The lowest BCUT2D eigenvalue weighted by Crippen LogP contribution is -2.63. The van der Waals surface area contributed by atoms with Gasteiger partial charge in [-0.05, 0) is 63.0 Å². The first-order valence-corrected chi connectivity index (χ1v) is 28.8. The van der Waals surface area contributed by atoms with E-state index in [2.05, 4.69) is 58.5 Å². The molecular formula is C56H91N13O16.